The molecule has 82 valence electrons. The largest absolute Gasteiger partial charge is 0.324 e. The number of anilines is 1. The maximum absolute atomic E-state index is 11.7. The van der Waals surface area contributed by atoms with Crippen LogP contribution in [0.4, 0.5) is 5.69 Å². The van der Waals surface area contributed by atoms with Gasteiger partial charge in [-0.2, -0.15) is 0 Å². The number of rotatable bonds is 2. The summed E-state index contributed by atoms with van der Waals surface area (Å²) in [6, 6.07) is 5.52. The van der Waals surface area contributed by atoms with E-state index >= 15 is 0 Å². The summed E-state index contributed by atoms with van der Waals surface area (Å²) >= 11 is 9.25. The number of nitrogens with one attached hydrogen (secondary N) is 1. The van der Waals surface area contributed by atoms with Crippen molar-refractivity contribution >= 4 is 39.1 Å². The first kappa shape index (κ1) is 12.5. The second-order valence-electron chi connectivity index (χ2n) is 3.91. The van der Waals surface area contributed by atoms with E-state index in [-0.39, 0.29) is 5.91 Å². The maximum atomic E-state index is 11.7. The lowest BCUT2D eigenvalue weighted by atomic mass is 10.2. The summed E-state index contributed by atoms with van der Waals surface area (Å²) in [5.41, 5.74) is 1.70. The van der Waals surface area contributed by atoms with E-state index in [0.29, 0.717) is 10.7 Å². The molecule has 0 heterocycles. The Morgan fingerprint density at radius 3 is 2.60 bits per heavy atom. The second kappa shape index (κ2) is 4.54. The molecule has 0 aromatic heterocycles. The van der Waals surface area contributed by atoms with Crippen LogP contribution < -0.4 is 5.32 Å². The molecule has 0 aliphatic heterocycles. The van der Waals surface area contributed by atoms with Crippen LogP contribution in [0.15, 0.2) is 18.2 Å². The van der Waals surface area contributed by atoms with Crippen LogP contribution in [0.2, 0.25) is 5.02 Å². The van der Waals surface area contributed by atoms with Crippen LogP contribution in [0.3, 0.4) is 0 Å². The summed E-state index contributed by atoms with van der Waals surface area (Å²) in [6.07, 6.45) is 0. The van der Waals surface area contributed by atoms with Gasteiger partial charge in [0, 0.05) is 0 Å². The fourth-order valence-electron chi connectivity index (χ4n) is 1.01. The third-order valence-electron chi connectivity index (χ3n) is 1.91. The molecule has 1 amide bonds. The molecule has 0 unspecified atom stereocenters. The van der Waals surface area contributed by atoms with E-state index in [1.807, 2.05) is 19.1 Å². The van der Waals surface area contributed by atoms with Gasteiger partial charge in [-0.05, 0) is 38.5 Å². The summed E-state index contributed by atoms with van der Waals surface area (Å²) in [5, 5.41) is 3.32. The van der Waals surface area contributed by atoms with Gasteiger partial charge in [-0.15, -0.1) is 0 Å². The van der Waals surface area contributed by atoms with Crippen LogP contribution in [0, 0.1) is 6.92 Å². The third kappa shape index (κ3) is 3.50. The van der Waals surface area contributed by atoms with Gasteiger partial charge in [0.25, 0.3) is 0 Å². The number of amides is 1. The lowest BCUT2D eigenvalue weighted by Gasteiger charge is -2.16. The molecule has 15 heavy (non-hydrogen) atoms. The number of hydrogen-bond donors (Lipinski definition) is 1. The molecule has 1 N–H and O–H groups in total. The quantitative estimate of drug-likeness (QED) is 0.826. The third-order valence-corrected chi connectivity index (χ3v) is 2.60. The van der Waals surface area contributed by atoms with E-state index in [1.54, 1.807) is 19.9 Å². The molecule has 0 aliphatic rings. The van der Waals surface area contributed by atoms with Crippen molar-refractivity contribution in [2.75, 3.05) is 5.32 Å². The van der Waals surface area contributed by atoms with E-state index in [1.165, 1.54) is 0 Å². The summed E-state index contributed by atoms with van der Waals surface area (Å²) in [6.45, 7) is 5.52. The van der Waals surface area contributed by atoms with Gasteiger partial charge in [0.1, 0.15) is 0 Å². The van der Waals surface area contributed by atoms with E-state index < -0.39 is 4.32 Å². The van der Waals surface area contributed by atoms with E-state index in [2.05, 4.69) is 21.2 Å². The minimum Gasteiger partial charge on any atom is -0.324 e. The second-order valence-corrected chi connectivity index (χ2v) is 6.30. The lowest BCUT2D eigenvalue weighted by molar-refractivity contribution is -0.117. The van der Waals surface area contributed by atoms with Gasteiger partial charge in [0.05, 0.1) is 15.0 Å². The molecular weight excluding hydrogens is 277 g/mol. The first-order valence-corrected chi connectivity index (χ1v) is 5.74. The van der Waals surface area contributed by atoms with Gasteiger partial charge in [-0.25, -0.2) is 0 Å². The molecule has 1 aromatic carbocycles. The van der Waals surface area contributed by atoms with Crippen molar-refractivity contribution < 1.29 is 4.79 Å². The highest BCUT2D eigenvalue weighted by Gasteiger charge is 2.24. The van der Waals surface area contributed by atoms with Crippen molar-refractivity contribution in [3.63, 3.8) is 0 Å². The summed E-state index contributed by atoms with van der Waals surface area (Å²) in [5.74, 6) is -0.116. The van der Waals surface area contributed by atoms with Gasteiger partial charge in [-0.3, -0.25) is 4.79 Å². The van der Waals surface area contributed by atoms with Gasteiger partial charge in [0.2, 0.25) is 5.91 Å². The first-order chi connectivity index (χ1) is 6.80. The zero-order chi connectivity index (χ0) is 11.6. The Morgan fingerprint density at radius 2 is 2.07 bits per heavy atom. The first-order valence-electron chi connectivity index (χ1n) is 4.57. The average molecular weight is 291 g/mol. The highest BCUT2D eigenvalue weighted by atomic mass is 79.9. The zero-order valence-corrected chi connectivity index (χ0v) is 11.2. The predicted octanol–water partition coefficient (Wildman–Crippen LogP) is 3.76. The molecule has 2 nitrogen and oxygen atoms in total. The van der Waals surface area contributed by atoms with Crippen molar-refractivity contribution in [1.82, 2.24) is 0 Å². The molecule has 0 radical (unpaired) electrons. The Bertz CT molecular complexity index is 385. The Labute approximate surface area is 103 Å². The molecule has 1 rings (SSSR count). The minimum absolute atomic E-state index is 0.116. The predicted molar refractivity (Wildman–Crippen MR) is 67.8 cm³/mol. The topological polar surface area (TPSA) is 29.1 Å². The fourth-order valence-corrected chi connectivity index (χ4v) is 1.27. The Morgan fingerprint density at radius 1 is 1.47 bits per heavy atom. The summed E-state index contributed by atoms with van der Waals surface area (Å²) < 4.78 is -0.597. The number of hydrogen-bond acceptors (Lipinski definition) is 1. The van der Waals surface area contributed by atoms with Crippen LogP contribution in [0.1, 0.15) is 19.4 Å². The molecular formula is C11H13BrClNO. The molecule has 0 atom stereocenters. The standard InChI is InChI=1S/C11H13BrClNO/c1-7-4-5-8(13)9(6-7)14-10(15)11(2,3)12/h4-6H,1-3H3,(H,14,15). The molecule has 0 fully saturated rings. The van der Waals surface area contributed by atoms with Gasteiger partial charge in [0.15, 0.2) is 0 Å². The molecule has 0 bridgehead atoms. The fraction of sp³-hybridized carbons (Fsp3) is 0.364. The monoisotopic (exact) mass is 289 g/mol. The van der Waals surface area contributed by atoms with Crippen LogP contribution >= 0.6 is 27.5 Å². The number of benzene rings is 1. The molecule has 0 aliphatic carbocycles. The Kier molecular flexibility index (Phi) is 3.79. The van der Waals surface area contributed by atoms with E-state index in [0.717, 1.165) is 5.56 Å². The molecule has 0 saturated heterocycles. The number of aryl methyl sites for hydroxylation is 1. The van der Waals surface area contributed by atoms with Crippen molar-refractivity contribution in [2.45, 2.75) is 25.1 Å². The Balaban J connectivity index is 2.90. The summed E-state index contributed by atoms with van der Waals surface area (Å²) in [4.78, 5) is 11.7. The number of halogens is 2. The SMILES string of the molecule is Cc1ccc(Cl)c(NC(=O)C(C)(C)Br)c1. The van der Waals surface area contributed by atoms with Crippen molar-refractivity contribution in [3.05, 3.63) is 28.8 Å². The van der Waals surface area contributed by atoms with E-state index in [4.69, 9.17) is 11.6 Å². The normalized spacial score (nSPS) is 11.3. The average Bonchev–Trinajstić information content (AvgIpc) is 2.09. The molecule has 0 spiro atoms. The van der Waals surface area contributed by atoms with Crippen LogP contribution in [0.25, 0.3) is 0 Å². The van der Waals surface area contributed by atoms with Crippen molar-refractivity contribution in [3.8, 4) is 0 Å². The van der Waals surface area contributed by atoms with Gasteiger partial charge >= 0.3 is 0 Å². The molecule has 0 saturated carbocycles. The smallest absolute Gasteiger partial charge is 0.240 e. The van der Waals surface area contributed by atoms with Crippen molar-refractivity contribution in [1.29, 1.82) is 0 Å². The maximum Gasteiger partial charge on any atom is 0.240 e. The highest BCUT2D eigenvalue weighted by molar-refractivity contribution is 9.10. The minimum atomic E-state index is -0.597. The van der Waals surface area contributed by atoms with Crippen LogP contribution in [0.5, 0.6) is 0 Å². The van der Waals surface area contributed by atoms with E-state index in [9.17, 15) is 4.79 Å². The van der Waals surface area contributed by atoms with Crippen LogP contribution in [-0.4, -0.2) is 10.2 Å². The summed E-state index contributed by atoms with van der Waals surface area (Å²) in [7, 11) is 0. The lowest BCUT2D eigenvalue weighted by Crippen LogP contribution is -2.31. The van der Waals surface area contributed by atoms with Crippen molar-refractivity contribution in [2.24, 2.45) is 0 Å². The zero-order valence-electron chi connectivity index (χ0n) is 8.90. The van der Waals surface area contributed by atoms with Crippen LogP contribution in [-0.2, 0) is 4.79 Å². The number of carbonyl (C=O) groups is 1. The highest BCUT2D eigenvalue weighted by Crippen LogP contribution is 2.25. The van der Waals surface area contributed by atoms with Gasteiger partial charge < -0.3 is 5.32 Å². The Hall–Kier alpha value is -0.540. The number of alkyl halides is 1. The molecule has 1 aromatic rings. The number of carbonyl (C=O) groups excluding carboxylic acids is 1. The van der Waals surface area contributed by atoms with Gasteiger partial charge in [-0.1, -0.05) is 33.6 Å². The molecule has 4 heteroatoms.